The summed E-state index contributed by atoms with van der Waals surface area (Å²) in [7, 11) is 0. The fourth-order valence-corrected chi connectivity index (χ4v) is 2.14. The average Bonchev–Trinajstić information content (AvgIpc) is 3.09. The van der Waals surface area contributed by atoms with E-state index in [0.29, 0.717) is 5.92 Å². The van der Waals surface area contributed by atoms with E-state index in [1.165, 1.54) is 37.7 Å². The second-order valence-corrected chi connectivity index (χ2v) is 4.88. The van der Waals surface area contributed by atoms with Gasteiger partial charge in [-0.2, -0.15) is 0 Å². The molecular weight excluding hydrogens is 186 g/mol. The van der Waals surface area contributed by atoms with Crippen molar-refractivity contribution in [3.8, 4) is 0 Å². The van der Waals surface area contributed by atoms with Gasteiger partial charge >= 0.3 is 0 Å². The first-order valence-electron chi connectivity index (χ1n) is 6.34. The standard InChI is InChI=1S/C13H23NO/c1-11(12-5-3-9-15-10-12)4-2-8-14-13-6-7-13/h4,12-14H,2-3,5-10H2,1H3. The van der Waals surface area contributed by atoms with Crippen LogP contribution in [0.5, 0.6) is 0 Å². The molecule has 0 aromatic carbocycles. The van der Waals surface area contributed by atoms with E-state index < -0.39 is 0 Å². The van der Waals surface area contributed by atoms with Crippen molar-refractivity contribution in [3.05, 3.63) is 11.6 Å². The topological polar surface area (TPSA) is 21.3 Å². The predicted molar refractivity (Wildman–Crippen MR) is 62.9 cm³/mol. The Hall–Kier alpha value is -0.340. The maximum atomic E-state index is 5.50. The Morgan fingerprint density at radius 1 is 1.40 bits per heavy atom. The molecule has 2 nitrogen and oxygen atoms in total. The first kappa shape index (κ1) is 11.2. The van der Waals surface area contributed by atoms with Gasteiger partial charge in [0.15, 0.2) is 0 Å². The minimum Gasteiger partial charge on any atom is -0.381 e. The highest BCUT2D eigenvalue weighted by Gasteiger charge is 2.19. The summed E-state index contributed by atoms with van der Waals surface area (Å²) in [5, 5.41) is 3.54. The van der Waals surface area contributed by atoms with Crippen molar-refractivity contribution in [1.29, 1.82) is 0 Å². The van der Waals surface area contributed by atoms with Crippen LogP contribution in [0.15, 0.2) is 11.6 Å². The molecule has 0 bridgehead atoms. The zero-order valence-corrected chi connectivity index (χ0v) is 9.80. The molecule has 0 spiro atoms. The largest absolute Gasteiger partial charge is 0.381 e. The molecule has 1 saturated heterocycles. The normalized spacial score (nSPS) is 28.1. The molecule has 1 heterocycles. The number of rotatable bonds is 5. The van der Waals surface area contributed by atoms with Crippen LogP contribution in [-0.2, 0) is 4.74 Å². The van der Waals surface area contributed by atoms with Crippen LogP contribution < -0.4 is 5.32 Å². The van der Waals surface area contributed by atoms with Gasteiger partial charge in [0.25, 0.3) is 0 Å². The summed E-state index contributed by atoms with van der Waals surface area (Å²) in [5.74, 6) is 0.694. The zero-order valence-electron chi connectivity index (χ0n) is 9.80. The summed E-state index contributed by atoms with van der Waals surface area (Å²) in [4.78, 5) is 0. The van der Waals surface area contributed by atoms with E-state index in [1.54, 1.807) is 0 Å². The van der Waals surface area contributed by atoms with Crippen LogP contribution in [0, 0.1) is 5.92 Å². The summed E-state index contributed by atoms with van der Waals surface area (Å²) in [5.41, 5.74) is 1.53. The number of hydrogen-bond acceptors (Lipinski definition) is 2. The third-order valence-corrected chi connectivity index (χ3v) is 3.43. The Morgan fingerprint density at radius 3 is 2.93 bits per heavy atom. The molecule has 86 valence electrons. The van der Waals surface area contributed by atoms with Gasteiger partial charge < -0.3 is 10.1 Å². The summed E-state index contributed by atoms with van der Waals surface area (Å²) in [6.45, 7) is 5.32. The number of ether oxygens (including phenoxy) is 1. The van der Waals surface area contributed by atoms with E-state index in [4.69, 9.17) is 4.74 Å². The van der Waals surface area contributed by atoms with E-state index in [2.05, 4.69) is 18.3 Å². The molecule has 1 atom stereocenters. The molecule has 0 aromatic rings. The smallest absolute Gasteiger partial charge is 0.0531 e. The molecule has 0 aromatic heterocycles. The van der Waals surface area contributed by atoms with Gasteiger partial charge in [-0.25, -0.2) is 0 Å². The Bertz CT molecular complexity index is 215. The van der Waals surface area contributed by atoms with Crippen LogP contribution in [0.3, 0.4) is 0 Å². The van der Waals surface area contributed by atoms with Gasteiger partial charge in [0.1, 0.15) is 0 Å². The van der Waals surface area contributed by atoms with Crippen molar-refractivity contribution >= 4 is 0 Å². The van der Waals surface area contributed by atoms with Gasteiger partial charge in [-0.1, -0.05) is 11.6 Å². The summed E-state index contributed by atoms with van der Waals surface area (Å²) >= 11 is 0. The monoisotopic (exact) mass is 209 g/mol. The average molecular weight is 209 g/mol. The molecule has 0 radical (unpaired) electrons. The van der Waals surface area contributed by atoms with E-state index in [-0.39, 0.29) is 0 Å². The van der Waals surface area contributed by atoms with E-state index in [1.807, 2.05) is 0 Å². The van der Waals surface area contributed by atoms with E-state index >= 15 is 0 Å². The third kappa shape index (κ3) is 3.96. The molecule has 2 rings (SSSR count). The van der Waals surface area contributed by atoms with E-state index in [9.17, 15) is 0 Å². The number of hydrogen-bond donors (Lipinski definition) is 1. The van der Waals surface area contributed by atoms with Crippen molar-refractivity contribution < 1.29 is 4.74 Å². The van der Waals surface area contributed by atoms with Crippen LogP contribution in [-0.4, -0.2) is 25.8 Å². The maximum Gasteiger partial charge on any atom is 0.0531 e. The van der Waals surface area contributed by atoms with Crippen LogP contribution in [0.25, 0.3) is 0 Å². The molecule has 1 aliphatic heterocycles. The van der Waals surface area contributed by atoms with Crippen molar-refractivity contribution in [3.63, 3.8) is 0 Å². The van der Waals surface area contributed by atoms with Gasteiger partial charge in [-0.3, -0.25) is 0 Å². The molecule has 2 heteroatoms. The number of nitrogens with one attached hydrogen (secondary N) is 1. The highest BCUT2D eigenvalue weighted by atomic mass is 16.5. The molecule has 15 heavy (non-hydrogen) atoms. The Morgan fingerprint density at radius 2 is 2.27 bits per heavy atom. The molecule has 2 aliphatic rings. The Balaban J connectivity index is 1.63. The fraction of sp³-hybridized carbons (Fsp3) is 0.846. The van der Waals surface area contributed by atoms with E-state index in [0.717, 1.165) is 25.8 Å². The maximum absolute atomic E-state index is 5.50. The summed E-state index contributed by atoms with van der Waals surface area (Å²) < 4.78 is 5.50. The molecule has 1 unspecified atom stereocenters. The van der Waals surface area contributed by atoms with Gasteiger partial charge in [-0.05, 0) is 45.6 Å². The minimum atomic E-state index is 0.694. The predicted octanol–water partition coefficient (Wildman–Crippen LogP) is 2.50. The molecular formula is C13H23NO. The molecule has 2 fully saturated rings. The minimum absolute atomic E-state index is 0.694. The summed E-state index contributed by atoms with van der Waals surface area (Å²) in [6.07, 6.45) is 8.90. The van der Waals surface area contributed by atoms with Crippen molar-refractivity contribution in [2.45, 2.75) is 45.1 Å². The van der Waals surface area contributed by atoms with Gasteiger partial charge in [0.05, 0.1) is 6.61 Å². The lowest BCUT2D eigenvalue weighted by Gasteiger charge is -2.22. The lowest BCUT2D eigenvalue weighted by atomic mass is 9.94. The SMILES string of the molecule is CC(=CCCNC1CC1)C1CCCOC1. The van der Waals surface area contributed by atoms with Crippen LogP contribution >= 0.6 is 0 Å². The first-order chi connectivity index (χ1) is 7.36. The lowest BCUT2D eigenvalue weighted by Crippen LogP contribution is -2.19. The van der Waals surface area contributed by atoms with Crippen LogP contribution in [0.1, 0.15) is 39.0 Å². The lowest BCUT2D eigenvalue weighted by molar-refractivity contribution is 0.0672. The fourth-order valence-electron chi connectivity index (χ4n) is 2.14. The Labute approximate surface area is 93.1 Å². The second kappa shape index (κ2) is 5.66. The van der Waals surface area contributed by atoms with Gasteiger partial charge in [0, 0.05) is 18.6 Å². The second-order valence-electron chi connectivity index (χ2n) is 4.88. The van der Waals surface area contributed by atoms with Crippen LogP contribution in [0.4, 0.5) is 0 Å². The quantitative estimate of drug-likeness (QED) is 0.555. The third-order valence-electron chi connectivity index (χ3n) is 3.43. The molecule has 1 aliphatic carbocycles. The highest BCUT2D eigenvalue weighted by molar-refractivity contribution is 5.04. The highest BCUT2D eigenvalue weighted by Crippen LogP contribution is 2.22. The summed E-state index contributed by atoms with van der Waals surface area (Å²) in [6, 6.07) is 0.844. The van der Waals surface area contributed by atoms with Crippen LogP contribution in [0.2, 0.25) is 0 Å². The molecule has 0 amide bonds. The zero-order chi connectivity index (χ0) is 10.5. The first-order valence-corrected chi connectivity index (χ1v) is 6.34. The van der Waals surface area contributed by atoms with Crippen molar-refractivity contribution in [1.82, 2.24) is 5.32 Å². The van der Waals surface area contributed by atoms with Crippen molar-refractivity contribution in [2.75, 3.05) is 19.8 Å². The Kier molecular flexibility index (Phi) is 4.21. The molecule has 1 saturated carbocycles. The van der Waals surface area contributed by atoms with Gasteiger partial charge in [-0.15, -0.1) is 0 Å². The van der Waals surface area contributed by atoms with Crippen molar-refractivity contribution in [2.24, 2.45) is 5.92 Å². The van der Waals surface area contributed by atoms with Gasteiger partial charge in [0.2, 0.25) is 0 Å². The molecule has 1 N–H and O–H groups in total.